The van der Waals surface area contributed by atoms with Crippen molar-refractivity contribution in [1.82, 2.24) is 10.2 Å². The zero-order valence-corrected chi connectivity index (χ0v) is 11.4. The summed E-state index contributed by atoms with van der Waals surface area (Å²) in [6.07, 6.45) is 8.33. The van der Waals surface area contributed by atoms with Crippen molar-refractivity contribution in [3.63, 3.8) is 0 Å². The molecular formula is C14H22N4O. The highest BCUT2D eigenvalue weighted by atomic mass is 16.2. The van der Waals surface area contributed by atoms with E-state index in [2.05, 4.69) is 5.32 Å². The van der Waals surface area contributed by atoms with Crippen LogP contribution in [0.3, 0.4) is 0 Å². The van der Waals surface area contributed by atoms with Crippen molar-refractivity contribution in [3.05, 3.63) is 23.9 Å². The summed E-state index contributed by atoms with van der Waals surface area (Å²) in [6, 6.07) is 2.16. The number of nitrogens with two attached hydrogens (primary N) is 1. The average molecular weight is 262 g/mol. The molecule has 1 aliphatic rings. The fourth-order valence-electron chi connectivity index (χ4n) is 1.92. The second-order valence-corrected chi connectivity index (χ2v) is 4.59. The Bertz CT molecular complexity index is 387. The van der Waals surface area contributed by atoms with Crippen LogP contribution in [-0.2, 0) is 0 Å². The van der Waals surface area contributed by atoms with Crippen LogP contribution < -0.4 is 11.1 Å². The highest BCUT2D eigenvalue weighted by Crippen LogP contribution is 2.09. The van der Waals surface area contributed by atoms with Crippen molar-refractivity contribution in [2.45, 2.75) is 38.6 Å². The molecule has 0 aromatic carbocycles. The zero-order chi connectivity index (χ0) is 14.1. The van der Waals surface area contributed by atoms with E-state index in [1.807, 2.05) is 19.1 Å². The van der Waals surface area contributed by atoms with E-state index in [1.54, 1.807) is 17.1 Å². The minimum atomic E-state index is -0.0896. The Morgan fingerprint density at radius 1 is 1.53 bits per heavy atom. The number of carbonyl (C=O) groups is 1. The van der Waals surface area contributed by atoms with E-state index in [4.69, 9.17) is 11.0 Å². The van der Waals surface area contributed by atoms with Crippen LogP contribution in [0.4, 0.5) is 4.79 Å². The number of allylic oxidation sites excluding steroid dienone is 3. The Morgan fingerprint density at radius 3 is 2.79 bits per heavy atom. The summed E-state index contributed by atoms with van der Waals surface area (Å²) in [6.45, 7) is 3.41. The van der Waals surface area contributed by atoms with Gasteiger partial charge in [-0.05, 0) is 25.3 Å². The van der Waals surface area contributed by atoms with Gasteiger partial charge in [-0.1, -0.05) is 19.1 Å². The minimum absolute atomic E-state index is 0.0896. The van der Waals surface area contributed by atoms with Crippen LogP contribution in [-0.4, -0.2) is 30.1 Å². The SMILES string of the molecule is CC/C=C(\C=C/CC#N)NC(=O)N1CCC(N)CC1. The third-order valence-electron chi connectivity index (χ3n) is 3.01. The molecule has 1 saturated heterocycles. The molecular weight excluding hydrogens is 240 g/mol. The fourth-order valence-corrected chi connectivity index (χ4v) is 1.92. The summed E-state index contributed by atoms with van der Waals surface area (Å²) < 4.78 is 0. The van der Waals surface area contributed by atoms with E-state index in [0.717, 1.165) is 25.0 Å². The molecule has 0 radical (unpaired) electrons. The van der Waals surface area contributed by atoms with Crippen molar-refractivity contribution < 1.29 is 4.79 Å². The molecule has 1 rings (SSSR count). The molecule has 19 heavy (non-hydrogen) atoms. The standard InChI is InChI=1S/C14H22N4O/c1-2-5-13(6-3-4-9-15)17-14(19)18-10-7-12(16)8-11-18/h3,5-6,12H,2,4,7-8,10-11,16H2,1H3,(H,17,19)/b6-3-,13-5+. The Kier molecular flexibility index (Phi) is 6.69. The molecule has 104 valence electrons. The summed E-state index contributed by atoms with van der Waals surface area (Å²) in [7, 11) is 0. The topological polar surface area (TPSA) is 82.2 Å². The fraction of sp³-hybridized carbons (Fsp3) is 0.571. The van der Waals surface area contributed by atoms with Gasteiger partial charge in [0.25, 0.3) is 0 Å². The molecule has 1 heterocycles. The molecule has 0 aliphatic carbocycles. The molecule has 0 bridgehead atoms. The predicted octanol–water partition coefficient (Wildman–Crippen LogP) is 1.88. The monoisotopic (exact) mass is 262 g/mol. The molecule has 0 spiro atoms. The van der Waals surface area contributed by atoms with Gasteiger partial charge in [0.15, 0.2) is 0 Å². The Labute approximate surface area is 114 Å². The zero-order valence-electron chi connectivity index (χ0n) is 11.4. The van der Waals surface area contributed by atoms with Gasteiger partial charge in [0.2, 0.25) is 0 Å². The van der Waals surface area contributed by atoms with Crippen LogP contribution in [0.1, 0.15) is 32.6 Å². The third-order valence-corrected chi connectivity index (χ3v) is 3.01. The number of nitrogens with zero attached hydrogens (tertiary/aromatic N) is 2. The van der Waals surface area contributed by atoms with E-state index >= 15 is 0 Å². The highest BCUT2D eigenvalue weighted by Gasteiger charge is 2.20. The molecule has 0 aromatic heterocycles. The number of hydrogen-bond donors (Lipinski definition) is 2. The number of rotatable bonds is 4. The number of nitrogens with one attached hydrogen (secondary N) is 1. The van der Waals surface area contributed by atoms with Gasteiger partial charge >= 0.3 is 6.03 Å². The first-order valence-corrected chi connectivity index (χ1v) is 6.72. The van der Waals surface area contributed by atoms with Crippen molar-refractivity contribution >= 4 is 6.03 Å². The summed E-state index contributed by atoms with van der Waals surface area (Å²) in [4.78, 5) is 13.8. The lowest BCUT2D eigenvalue weighted by Gasteiger charge is -2.30. The highest BCUT2D eigenvalue weighted by molar-refractivity contribution is 5.76. The summed E-state index contributed by atoms with van der Waals surface area (Å²) in [5.74, 6) is 0. The second-order valence-electron chi connectivity index (χ2n) is 4.59. The minimum Gasteiger partial charge on any atom is -0.328 e. The lowest BCUT2D eigenvalue weighted by molar-refractivity contribution is 0.185. The van der Waals surface area contributed by atoms with E-state index in [0.29, 0.717) is 19.5 Å². The summed E-state index contributed by atoms with van der Waals surface area (Å²) in [5.41, 5.74) is 6.56. The molecule has 0 unspecified atom stereocenters. The van der Waals surface area contributed by atoms with Crippen LogP contribution in [0.15, 0.2) is 23.9 Å². The Hall–Kier alpha value is -1.80. The van der Waals surface area contributed by atoms with E-state index < -0.39 is 0 Å². The summed E-state index contributed by atoms with van der Waals surface area (Å²) >= 11 is 0. The molecule has 0 aromatic rings. The van der Waals surface area contributed by atoms with Gasteiger partial charge < -0.3 is 16.0 Å². The maximum absolute atomic E-state index is 12.1. The van der Waals surface area contributed by atoms with Gasteiger partial charge in [-0.3, -0.25) is 0 Å². The van der Waals surface area contributed by atoms with E-state index in [9.17, 15) is 4.79 Å². The predicted molar refractivity (Wildman–Crippen MR) is 75.1 cm³/mol. The first-order chi connectivity index (χ1) is 9.17. The number of nitriles is 1. The molecule has 5 heteroatoms. The number of hydrogen-bond acceptors (Lipinski definition) is 3. The van der Waals surface area contributed by atoms with Gasteiger partial charge in [-0.2, -0.15) is 5.26 Å². The van der Waals surface area contributed by atoms with Crippen LogP contribution >= 0.6 is 0 Å². The number of amides is 2. The van der Waals surface area contributed by atoms with Crippen LogP contribution in [0.25, 0.3) is 0 Å². The molecule has 0 saturated carbocycles. The van der Waals surface area contributed by atoms with Crippen molar-refractivity contribution in [2.75, 3.05) is 13.1 Å². The van der Waals surface area contributed by atoms with Crippen molar-refractivity contribution in [2.24, 2.45) is 5.73 Å². The van der Waals surface area contributed by atoms with Crippen molar-refractivity contribution in [1.29, 1.82) is 5.26 Å². The largest absolute Gasteiger partial charge is 0.328 e. The van der Waals surface area contributed by atoms with Gasteiger partial charge in [0, 0.05) is 24.8 Å². The maximum Gasteiger partial charge on any atom is 0.321 e. The molecule has 2 amide bonds. The Morgan fingerprint density at radius 2 is 2.21 bits per heavy atom. The second kappa shape index (κ2) is 8.33. The molecule has 0 atom stereocenters. The first kappa shape index (κ1) is 15.3. The average Bonchev–Trinajstić information content (AvgIpc) is 2.40. The first-order valence-electron chi connectivity index (χ1n) is 6.72. The smallest absolute Gasteiger partial charge is 0.321 e. The molecule has 1 aliphatic heterocycles. The van der Waals surface area contributed by atoms with E-state index in [1.165, 1.54) is 0 Å². The Balaban J connectivity index is 2.52. The third kappa shape index (κ3) is 5.58. The van der Waals surface area contributed by atoms with E-state index in [-0.39, 0.29) is 12.1 Å². The van der Waals surface area contributed by atoms with Crippen LogP contribution in [0, 0.1) is 11.3 Å². The van der Waals surface area contributed by atoms with Gasteiger partial charge in [-0.15, -0.1) is 0 Å². The van der Waals surface area contributed by atoms with Gasteiger partial charge in [0.05, 0.1) is 12.5 Å². The van der Waals surface area contributed by atoms with Gasteiger partial charge in [0.1, 0.15) is 0 Å². The van der Waals surface area contributed by atoms with Crippen LogP contribution in [0.2, 0.25) is 0 Å². The van der Waals surface area contributed by atoms with Gasteiger partial charge in [-0.25, -0.2) is 4.79 Å². The number of urea groups is 1. The molecule has 1 fully saturated rings. The maximum atomic E-state index is 12.1. The quantitative estimate of drug-likeness (QED) is 0.759. The lowest BCUT2D eigenvalue weighted by atomic mass is 10.1. The number of likely N-dealkylation sites (tertiary alicyclic amines) is 1. The normalized spacial score (nSPS) is 17.5. The van der Waals surface area contributed by atoms with Crippen LogP contribution in [0.5, 0.6) is 0 Å². The lowest BCUT2D eigenvalue weighted by Crippen LogP contribution is -2.46. The number of carbonyl (C=O) groups excluding carboxylic acids is 1. The molecule has 5 nitrogen and oxygen atoms in total. The summed E-state index contributed by atoms with van der Waals surface area (Å²) in [5, 5.41) is 11.4. The molecule has 3 N–H and O–H groups in total. The number of piperidine rings is 1. The van der Waals surface area contributed by atoms with Crippen molar-refractivity contribution in [3.8, 4) is 6.07 Å².